The molecule has 11 heteroatoms. The van der Waals surface area contributed by atoms with Crippen molar-refractivity contribution >= 4 is 11.9 Å². The highest BCUT2D eigenvalue weighted by Gasteiger charge is 2.38. The average Bonchev–Trinajstić information content (AvgIpc) is 3.11. The molecule has 1 amide bonds. The van der Waals surface area contributed by atoms with Crippen molar-refractivity contribution < 1.29 is 27.2 Å². The van der Waals surface area contributed by atoms with Crippen molar-refractivity contribution in [1.82, 2.24) is 20.4 Å². The summed E-state index contributed by atoms with van der Waals surface area (Å²) in [4.78, 5) is 21.5. The summed E-state index contributed by atoms with van der Waals surface area (Å²) in [6, 6.07) is 3.30. The van der Waals surface area contributed by atoms with Gasteiger partial charge in [0.15, 0.2) is 0 Å². The number of piperidine rings is 1. The van der Waals surface area contributed by atoms with Crippen LogP contribution in [0.2, 0.25) is 0 Å². The van der Waals surface area contributed by atoms with Crippen LogP contribution in [0.1, 0.15) is 39.5 Å². The quantitative estimate of drug-likeness (QED) is 0.821. The van der Waals surface area contributed by atoms with Crippen LogP contribution in [0.3, 0.4) is 0 Å². The predicted octanol–water partition coefficient (Wildman–Crippen LogP) is 3.64. The van der Waals surface area contributed by atoms with Gasteiger partial charge < -0.3 is 19.5 Å². The van der Waals surface area contributed by atoms with Crippen molar-refractivity contribution in [3.8, 4) is 11.4 Å². The van der Waals surface area contributed by atoms with E-state index in [4.69, 9.17) is 4.74 Å². The second-order valence-electron chi connectivity index (χ2n) is 7.73. The van der Waals surface area contributed by atoms with Gasteiger partial charge in [0.25, 0.3) is 0 Å². The molecule has 29 heavy (non-hydrogen) atoms. The number of anilines is 1. The fourth-order valence-electron chi connectivity index (χ4n) is 2.89. The summed E-state index contributed by atoms with van der Waals surface area (Å²) >= 11 is 0. The Bertz CT molecular complexity index is 838. The molecule has 1 fully saturated rings. The van der Waals surface area contributed by atoms with Crippen molar-refractivity contribution in [3.63, 3.8) is 0 Å². The number of alkyl halides is 3. The Hall–Kier alpha value is -2.85. The lowest BCUT2D eigenvalue weighted by Crippen LogP contribution is -2.46. The topological polar surface area (TPSA) is 93.4 Å². The lowest BCUT2D eigenvalue weighted by molar-refractivity contribution is -0.159. The molecule has 3 heterocycles. The van der Waals surface area contributed by atoms with E-state index >= 15 is 0 Å². The van der Waals surface area contributed by atoms with Crippen molar-refractivity contribution in [1.29, 1.82) is 0 Å². The maximum atomic E-state index is 12.6. The van der Waals surface area contributed by atoms with Crippen LogP contribution in [0, 0.1) is 0 Å². The van der Waals surface area contributed by atoms with Crippen molar-refractivity contribution in [3.05, 3.63) is 24.2 Å². The molecule has 1 aliphatic rings. The standard InChI is InChI=1S/C18H22F3N5O3/c1-17(2,3)28-16(27)23-12-6-8-26(9-7-12)13-5-4-11(10-22-13)14-24-15(29-25-14)18(19,20)21/h4-5,10,12H,6-9H2,1-3H3,(H,23,27). The van der Waals surface area contributed by atoms with Gasteiger partial charge in [-0.2, -0.15) is 18.2 Å². The van der Waals surface area contributed by atoms with E-state index in [1.807, 2.05) is 25.7 Å². The number of nitrogens with one attached hydrogen (secondary N) is 1. The minimum atomic E-state index is -4.68. The van der Waals surface area contributed by atoms with Gasteiger partial charge in [0.1, 0.15) is 11.4 Å². The number of carbonyl (C=O) groups is 1. The van der Waals surface area contributed by atoms with Crippen LogP contribution >= 0.6 is 0 Å². The number of halogens is 3. The summed E-state index contributed by atoms with van der Waals surface area (Å²) in [6.45, 7) is 6.77. The van der Waals surface area contributed by atoms with E-state index in [-0.39, 0.29) is 11.9 Å². The van der Waals surface area contributed by atoms with Crippen LogP contribution in [-0.2, 0) is 10.9 Å². The number of hydrogen-bond donors (Lipinski definition) is 1. The third kappa shape index (κ3) is 5.58. The number of amides is 1. The molecule has 2 aromatic rings. The summed E-state index contributed by atoms with van der Waals surface area (Å²) in [5.74, 6) is -0.878. The highest BCUT2D eigenvalue weighted by atomic mass is 19.4. The van der Waals surface area contributed by atoms with Crippen molar-refractivity contribution in [2.24, 2.45) is 0 Å². The van der Waals surface area contributed by atoms with E-state index < -0.39 is 23.8 Å². The zero-order valence-electron chi connectivity index (χ0n) is 16.3. The number of carbonyl (C=O) groups excluding carboxylic acids is 1. The molecule has 0 atom stereocenters. The molecule has 1 N–H and O–H groups in total. The Morgan fingerprint density at radius 3 is 2.45 bits per heavy atom. The van der Waals surface area contributed by atoms with Crippen LogP contribution < -0.4 is 10.2 Å². The minimum absolute atomic E-state index is 0.0143. The first-order chi connectivity index (χ1) is 13.5. The summed E-state index contributed by atoms with van der Waals surface area (Å²) in [6.07, 6.45) is -2.26. The lowest BCUT2D eigenvalue weighted by Gasteiger charge is -2.33. The predicted molar refractivity (Wildman–Crippen MR) is 97.1 cm³/mol. The van der Waals surface area contributed by atoms with E-state index in [9.17, 15) is 18.0 Å². The van der Waals surface area contributed by atoms with Gasteiger partial charge in [0.2, 0.25) is 5.82 Å². The third-order valence-corrected chi connectivity index (χ3v) is 4.21. The molecular formula is C18H22F3N5O3. The summed E-state index contributed by atoms with van der Waals surface area (Å²) in [5.41, 5.74) is -0.217. The van der Waals surface area contributed by atoms with Gasteiger partial charge in [-0.15, -0.1) is 0 Å². The first-order valence-corrected chi connectivity index (χ1v) is 9.13. The largest absolute Gasteiger partial charge is 0.471 e. The van der Waals surface area contributed by atoms with Crippen molar-refractivity contribution in [2.75, 3.05) is 18.0 Å². The van der Waals surface area contributed by atoms with Gasteiger partial charge in [-0.25, -0.2) is 9.78 Å². The molecule has 0 radical (unpaired) electrons. The van der Waals surface area contributed by atoms with Gasteiger partial charge in [-0.1, -0.05) is 5.16 Å². The molecule has 2 aromatic heterocycles. The number of nitrogens with zero attached hydrogens (tertiary/aromatic N) is 4. The number of ether oxygens (including phenoxy) is 1. The zero-order chi connectivity index (χ0) is 21.2. The second-order valence-corrected chi connectivity index (χ2v) is 7.73. The van der Waals surface area contributed by atoms with E-state index in [1.54, 1.807) is 12.1 Å². The summed E-state index contributed by atoms with van der Waals surface area (Å²) < 4.78 is 47.2. The molecule has 0 saturated carbocycles. The first kappa shape index (κ1) is 20.9. The Labute approximate surface area is 165 Å². The van der Waals surface area contributed by atoms with Gasteiger partial charge in [-0.3, -0.25) is 0 Å². The van der Waals surface area contributed by atoms with Crippen molar-refractivity contribution in [2.45, 2.75) is 51.4 Å². The van der Waals surface area contributed by atoms with E-state index in [0.29, 0.717) is 24.5 Å². The summed E-state index contributed by atoms with van der Waals surface area (Å²) in [5, 5.41) is 6.21. The van der Waals surface area contributed by atoms with Gasteiger partial charge in [0.05, 0.1) is 0 Å². The second kappa shape index (κ2) is 7.88. The molecule has 1 saturated heterocycles. The monoisotopic (exact) mass is 413 g/mol. The molecule has 0 bridgehead atoms. The fourth-order valence-corrected chi connectivity index (χ4v) is 2.89. The highest BCUT2D eigenvalue weighted by molar-refractivity contribution is 5.68. The normalized spacial score (nSPS) is 16.0. The van der Waals surface area contributed by atoms with E-state index in [1.165, 1.54) is 6.20 Å². The van der Waals surface area contributed by atoms with E-state index in [2.05, 4.69) is 25.0 Å². The highest BCUT2D eigenvalue weighted by Crippen LogP contribution is 2.29. The molecule has 1 aliphatic heterocycles. The first-order valence-electron chi connectivity index (χ1n) is 9.13. The number of alkyl carbamates (subject to hydrolysis) is 1. The zero-order valence-corrected chi connectivity index (χ0v) is 16.3. The number of aromatic nitrogens is 3. The minimum Gasteiger partial charge on any atom is -0.444 e. The smallest absolute Gasteiger partial charge is 0.444 e. The van der Waals surface area contributed by atoms with Crippen LogP contribution in [0.15, 0.2) is 22.9 Å². The van der Waals surface area contributed by atoms with Crippen LogP contribution in [0.25, 0.3) is 11.4 Å². The Balaban J connectivity index is 1.55. The van der Waals surface area contributed by atoms with Gasteiger partial charge in [0, 0.05) is 30.9 Å². The molecule has 0 aliphatic carbocycles. The molecule has 158 valence electrons. The van der Waals surface area contributed by atoms with Crippen LogP contribution in [0.5, 0.6) is 0 Å². The average molecular weight is 413 g/mol. The third-order valence-electron chi connectivity index (χ3n) is 4.21. The number of rotatable bonds is 3. The molecule has 8 nitrogen and oxygen atoms in total. The number of pyridine rings is 1. The molecule has 0 aromatic carbocycles. The van der Waals surface area contributed by atoms with Crippen LogP contribution in [-0.4, -0.2) is 46.0 Å². The lowest BCUT2D eigenvalue weighted by atomic mass is 10.1. The molecular weight excluding hydrogens is 391 g/mol. The SMILES string of the molecule is CC(C)(C)OC(=O)NC1CCN(c2ccc(-c3noc(C(F)(F)F)n3)cn2)CC1. The van der Waals surface area contributed by atoms with Gasteiger partial charge in [-0.05, 0) is 45.7 Å². The molecule has 0 unspecified atom stereocenters. The molecule has 0 spiro atoms. The van der Waals surface area contributed by atoms with E-state index in [0.717, 1.165) is 12.8 Å². The Kier molecular flexibility index (Phi) is 5.67. The summed E-state index contributed by atoms with van der Waals surface area (Å²) in [7, 11) is 0. The Morgan fingerprint density at radius 1 is 1.24 bits per heavy atom. The maximum Gasteiger partial charge on any atom is 0.471 e. The van der Waals surface area contributed by atoms with Gasteiger partial charge >= 0.3 is 18.2 Å². The maximum absolute atomic E-state index is 12.6. The number of hydrogen-bond acceptors (Lipinski definition) is 7. The Morgan fingerprint density at radius 2 is 1.93 bits per heavy atom. The fraction of sp³-hybridized carbons (Fsp3) is 0.556. The van der Waals surface area contributed by atoms with Crippen LogP contribution in [0.4, 0.5) is 23.8 Å². The molecule has 3 rings (SSSR count).